The van der Waals surface area contributed by atoms with Gasteiger partial charge in [-0.25, -0.2) is 0 Å². The van der Waals surface area contributed by atoms with E-state index >= 15 is 0 Å². The molecule has 2 aliphatic rings. The first-order chi connectivity index (χ1) is 7.98. The molecule has 1 saturated carbocycles. The highest BCUT2D eigenvalue weighted by atomic mass is 19.4. The summed E-state index contributed by atoms with van der Waals surface area (Å²) in [5.74, 6) is -1.71. The van der Waals surface area contributed by atoms with Crippen LogP contribution in [0.1, 0.15) is 38.5 Å². The summed E-state index contributed by atoms with van der Waals surface area (Å²) in [6.45, 7) is 1.46. The van der Waals surface area contributed by atoms with E-state index in [0.29, 0.717) is 12.8 Å². The zero-order valence-corrected chi connectivity index (χ0v) is 9.80. The Morgan fingerprint density at radius 3 is 2.29 bits per heavy atom. The molecule has 0 spiro atoms. The second kappa shape index (κ2) is 4.86. The maximum Gasteiger partial charge on any atom is 0.391 e. The molecule has 0 aromatic rings. The number of carbonyl (C=O) groups is 1. The minimum absolute atomic E-state index is 0.00116. The molecular formula is C12H18F3NO. The Labute approximate surface area is 99.2 Å². The molecule has 17 heavy (non-hydrogen) atoms. The SMILES string of the molecule is O=C(C1CCCC(C(F)(F)F)C1)N1CCCC1. The van der Waals surface area contributed by atoms with Crippen molar-refractivity contribution in [2.24, 2.45) is 11.8 Å². The molecule has 0 aromatic carbocycles. The normalized spacial score (nSPS) is 30.6. The molecule has 1 aliphatic carbocycles. The smallest absolute Gasteiger partial charge is 0.342 e. The number of carbonyl (C=O) groups excluding carboxylic acids is 1. The van der Waals surface area contributed by atoms with Crippen LogP contribution >= 0.6 is 0 Å². The average molecular weight is 249 g/mol. The number of halogens is 3. The first-order valence-corrected chi connectivity index (χ1v) is 6.34. The molecule has 2 rings (SSSR count). The van der Waals surface area contributed by atoms with Crippen LogP contribution in [0.2, 0.25) is 0 Å². The molecule has 0 bridgehead atoms. The Bertz CT molecular complexity index is 284. The number of hydrogen-bond acceptors (Lipinski definition) is 1. The molecule has 1 heterocycles. The Morgan fingerprint density at radius 1 is 1.06 bits per heavy atom. The minimum Gasteiger partial charge on any atom is -0.342 e. The van der Waals surface area contributed by atoms with Gasteiger partial charge < -0.3 is 4.90 Å². The summed E-state index contributed by atoms with van der Waals surface area (Å²) in [5.41, 5.74) is 0. The Balaban J connectivity index is 1.94. The van der Waals surface area contributed by atoms with Crippen molar-refractivity contribution in [1.29, 1.82) is 0 Å². The van der Waals surface area contributed by atoms with Crippen LogP contribution in [0, 0.1) is 11.8 Å². The molecule has 1 saturated heterocycles. The standard InChI is InChI=1S/C12H18F3NO/c13-12(14,15)10-5-3-4-9(8-10)11(17)16-6-1-2-7-16/h9-10H,1-8H2. The van der Waals surface area contributed by atoms with Gasteiger partial charge in [-0.15, -0.1) is 0 Å². The average Bonchev–Trinajstić information content (AvgIpc) is 2.80. The lowest BCUT2D eigenvalue weighted by Gasteiger charge is -2.32. The van der Waals surface area contributed by atoms with Crippen molar-refractivity contribution in [1.82, 2.24) is 4.90 Å². The summed E-state index contributed by atoms with van der Waals surface area (Å²) in [5, 5.41) is 0. The van der Waals surface area contributed by atoms with Gasteiger partial charge in [-0.3, -0.25) is 4.79 Å². The van der Waals surface area contributed by atoms with Crippen molar-refractivity contribution < 1.29 is 18.0 Å². The van der Waals surface area contributed by atoms with Gasteiger partial charge in [0.15, 0.2) is 0 Å². The summed E-state index contributed by atoms with van der Waals surface area (Å²) in [7, 11) is 0. The number of alkyl halides is 3. The highest BCUT2D eigenvalue weighted by molar-refractivity contribution is 5.79. The van der Waals surface area contributed by atoms with Crippen LogP contribution in [0.25, 0.3) is 0 Å². The van der Waals surface area contributed by atoms with Crippen LogP contribution in [0.5, 0.6) is 0 Å². The van der Waals surface area contributed by atoms with Crippen LogP contribution in [0.4, 0.5) is 13.2 Å². The topological polar surface area (TPSA) is 20.3 Å². The van der Waals surface area contributed by atoms with Crippen molar-refractivity contribution in [2.45, 2.75) is 44.7 Å². The lowest BCUT2D eigenvalue weighted by molar-refractivity contribution is -0.187. The lowest BCUT2D eigenvalue weighted by atomic mass is 9.80. The molecule has 1 aliphatic heterocycles. The van der Waals surface area contributed by atoms with Gasteiger partial charge in [0.1, 0.15) is 0 Å². The lowest BCUT2D eigenvalue weighted by Crippen LogP contribution is -2.38. The van der Waals surface area contributed by atoms with E-state index in [9.17, 15) is 18.0 Å². The summed E-state index contributed by atoms with van der Waals surface area (Å²) in [6, 6.07) is 0. The zero-order valence-electron chi connectivity index (χ0n) is 9.80. The van der Waals surface area contributed by atoms with E-state index < -0.39 is 18.0 Å². The first kappa shape index (κ1) is 12.7. The largest absolute Gasteiger partial charge is 0.391 e. The van der Waals surface area contributed by atoms with Gasteiger partial charge in [0, 0.05) is 19.0 Å². The van der Waals surface area contributed by atoms with Crippen molar-refractivity contribution in [3.63, 3.8) is 0 Å². The van der Waals surface area contributed by atoms with Gasteiger partial charge >= 0.3 is 6.18 Å². The van der Waals surface area contributed by atoms with Crippen molar-refractivity contribution >= 4 is 5.91 Å². The highest BCUT2D eigenvalue weighted by Crippen LogP contribution is 2.40. The van der Waals surface area contributed by atoms with Crippen LogP contribution in [-0.2, 0) is 4.79 Å². The predicted molar refractivity (Wildman–Crippen MR) is 57.3 cm³/mol. The predicted octanol–water partition coefficient (Wildman–Crippen LogP) is 2.98. The molecule has 0 N–H and O–H groups in total. The molecule has 5 heteroatoms. The minimum atomic E-state index is -4.13. The fraction of sp³-hybridized carbons (Fsp3) is 0.917. The van der Waals surface area contributed by atoms with Gasteiger partial charge in [-0.1, -0.05) is 6.42 Å². The van der Waals surface area contributed by atoms with Gasteiger partial charge in [-0.05, 0) is 32.1 Å². The fourth-order valence-electron chi connectivity index (χ4n) is 2.91. The van der Waals surface area contributed by atoms with E-state index in [0.717, 1.165) is 25.9 Å². The molecule has 98 valence electrons. The third-order valence-electron chi connectivity index (χ3n) is 3.90. The summed E-state index contributed by atoms with van der Waals surface area (Å²) < 4.78 is 37.9. The van der Waals surface area contributed by atoms with Crippen molar-refractivity contribution in [3.05, 3.63) is 0 Å². The fourth-order valence-corrected chi connectivity index (χ4v) is 2.91. The van der Waals surface area contributed by atoms with Gasteiger partial charge in [0.05, 0.1) is 5.92 Å². The number of likely N-dealkylation sites (tertiary alicyclic amines) is 1. The van der Waals surface area contributed by atoms with Crippen LogP contribution in [-0.4, -0.2) is 30.1 Å². The van der Waals surface area contributed by atoms with Gasteiger partial charge in [0.25, 0.3) is 0 Å². The summed E-state index contributed by atoms with van der Waals surface area (Å²) >= 11 is 0. The van der Waals surface area contributed by atoms with E-state index in [1.165, 1.54) is 0 Å². The molecule has 2 fully saturated rings. The third kappa shape index (κ3) is 2.93. The Kier molecular flexibility index (Phi) is 3.64. The monoisotopic (exact) mass is 249 g/mol. The number of rotatable bonds is 1. The van der Waals surface area contributed by atoms with E-state index in [1.807, 2.05) is 0 Å². The molecule has 2 nitrogen and oxygen atoms in total. The van der Waals surface area contributed by atoms with Crippen LogP contribution in [0.15, 0.2) is 0 Å². The Morgan fingerprint density at radius 2 is 1.71 bits per heavy atom. The van der Waals surface area contributed by atoms with E-state index in [2.05, 4.69) is 0 Å². The van der Waals surface area contributed by atoms with E-state index in [1.54, 1.807) is 4.90 Å². The maximum absolute atomic E-state index is 12.6. The molecule has 0 aromatic heterocycles. The number of nitrogens with zero attached hydrogens (tertiary/aromatic N) is 1. The zero-order chi connectivity index (χ0) is 12.5. The van der Waals surface area contributed by atoms with Gasteiger partial charge in [-0.2, -0.15) is 13.2 Å². The van der Waals surface area contributed by atoms with Crippen LogP contribution < -0.4 is 0 Å². The van der Waals surface area contributed by atoms with E-state index in [-0.39, 0.29) is 18.7 Å². The number of amides is 1. The van der Waals surface area contributed by atoms with Crippen molar-refractivity contribution in [3.8, 4) is 0 Å². The molecule has 1 amide bonds. The molecular weight excluding hydrogens is 231 g/mol. The first-order valence-electron chi connectivity index (χ1n) is 6.34. The number of hydrogen-bond donors (Lipinski definition) is 0. The maximum atomic E-state index is 12.6. The highest BCUT2D eigenvalue weighted by Gasteiger charge is 2.44. The van der Waals surface area contributed by atoms with Crippen LogP contribution in [0.3, 0.4) is 0 Å². The van der Waals surface area contributed by atoms with Gasteiger partial charge in [0.2, 0.25) is 5.91 Å². The molecule has 0 radical (unpaired) electrons. The second-order valence-electron chi connectivity index (χ2n) is 5.13. The quantitative estimate of drug-likeness (QED) is 0.699. The molecule has 2 atom stereocenters. The Hall–Kier alpha value is -0.740. The molecule has 2 unspecified atom stereocenters. The van der Waals surface area contributed by atoms with E-state index in [4.69, 9.17) is 0 Å². The summed E-state index contributed by atoms with van der Waals surface area (Å²) in [4.78, 5) is 13.8. The summed E-state index contributed by atoms with van der Waals surface area (Å²) in [6.07, 6.45) is -0.825. The van der Waals surface area contributed by atoms with Crippen molar-refractivity contribution in [2.75, 3.05) is 13.1 Å². The third-order valence-corrected chi connectivity index (χ3v) is 3.90. The second-order valence-corrected chi connectivity index (χ2v) is 5.13.